The van der Waals surface area contributed by atoms with Crippen molar-refractivity contribution in [2.24, 2.45) is 7.05 Å². The summed E-state index contributed by atoms with van der Waals surface area (Å²) < 4.78 is 20.7. The number of hydrogen-bond donors (Lipinski definition) is 0. The predicted octanol–water partition coefficient (Wildman–Crippen LogP) is 2.90. The molecule has 0 fully saturated rings. The number of rotatable bonds is 3. The second-order valence-corrected chi connectivity index (χ2v) is 4.24. The first-order valence-corrected chi connectivity index (χ1v) is 5.50. The summed E-state index contributed by atoms with van der Waals surface area (Å²) in [7, 11) is 1.84. The lowest BCUT2D eigenvalue weighted by molar-refractivity contribution is 0.304. The SMILES string of the molecule is Cn1cc(COc2ccc(Br)c(F)c2)cn1. The molecule has 1 aromatic heterocycles. The van der Waals surface area contributed by atoms with Crippen molar-refractivity contribution >= 4 is 15.9 Å². The molecule has 2 aromatic rings. The van der Waals surface area contributed by atoms with E-state index < -0.39 is 0 Å². The maximum atomic E-state index is 13.2. The Kier molecular flexibility index (Phi) is 3.24. The molecule has 0 atom stereocenters. The molecular formula is C11H10BrFN2O. The topological polar surface area (TPSA) is 27.1 Å². The molecule has 3 nitrogen and oxygen atoms in total. The van der Waals surface area contributed by atoms with Crippen molar-refractivity contribution in [3.8, 4) is 5.75 Å². The van der Waals surface area contributed by atoms with E-state index in [0.29, 0.717) is 16.8 Å². The third kappa shape index (κ3) is 2.61. The second kappa shape index (κ2) is 4.65. The number of benzene rings is 1. The molecule has 0 bridgehead atoms. The minimum Gasteiger partial charge on any atom is -0.489 e. The summed E-state index contributed by atoms with van der Waals surface area (Å²) >= 11 is 3.08. The summed E-state index contributed by atoms with van der Waals surface area (Å²) in [4.78, 5) is 0. The fourth-order valence-electron chi connectivity index (χ4n) is 1.28. The smallest absolute Gasteiger partial charge is 0.141 e. The summed E-state index contributed by atoms with van der Waals surface area (Å²) in [6, 6.07) is 4.68. The van der Waals surface area contributed by atoms with Gasteiger partial charge in [-0.05, 0) is 28.1 Å². The van der Waals surface area contributed by atoms with Crippen molar-refractivity contribution < 1.29 is 9.13 Å². The average molecular weight is 285 g/mol. The average Bonchev–Trinajstić information content (AvgIpc) is 2.66. The number of aryl methyl sites for hydroxylation is 1. The Labute approximate surface area is 101 Å². The quantitative estimate of drug-likeness (QED) is 0.867. The van der Waals surface area contributed by atoms with Gasteiger partial charge in [0.2, 0.25) is 0 Å². The maximum Gasteiger partial charge on any atom is 0.141 e. The lowest BCUT2D eigenvalue weighted by atomic mass is 10.3. The van der Waals surface area contributed by atoms with Crippen LogP contribution in [0.3, 0.4) is 0 Å². The van der Waals surface area contributed by atoms with Crippen LogP contribution in [0.4, 0.5) is 4.39 Å². The van der Waals surface area contributed by atoms with E-state index in [1.807, 2.05) is 13.2 Å². The highest BCUT2D eigenvalue weighted by molar-refractivity contribution is 9.10. The summed E-state index contributed by atoms with van der Waals surface area (Å²) in [6.07, 6.45) is 3.57. The van der Waals surface area contributed by atoms with Crippen LogP contribution < -0.4 is 4.74 Å². The molecular weight excluding hydrogens is 275 g/mol. The largest absolute Gasteiger partial charge is 0.489 e. The molecule has 5 heteroatoms. The Morgan fingerprint density at radius 1 is 1.50 bits per heavy atom. The van der Waals surface area contributed by atoms with E-state index in [0.717, 1.165) is 5.56 Å². The molecule has 1 heterocycles. The first-order chi connectivity index (χ1) is 7.65. The first kappa shape index (κ1) is 11.1. The third-order valence-electron chi connectivity index (χ3n) is 2.05. The van der Waals surface area contributed by atoms with Crippen LogP contribution in [0.1, 0.15) is 5.56 Å². The number of halogens is 2. The molecule has 1 aromatic carbocycles. The molecule has 0 radical (unpaired) electrons. The van der Waals surface area contributed by atoms with Crippen LogP contribution in [-0.2, 0) is 13.7 Å². The summed E-state index contributed by atoms with van der Waals surface area (Å²) in [5.41, 5.74) is 0.950. The highest BCUT2D eigenvalue weighted by Crippen LogP contribution is 2.21. The van der Waals surface area contributed by atoms with Gasteiger partial charge in [-0.25, -0.2) is 4.39 Å². The Balaban J connectivity index is 2.02. The fourth-order valence-corrected chi connectivity index (χ4v) is 1.53. The van der Waals surface area contributed by atoms with Crippen LogP contribution in [-0.4, -0.2) is 9.78 Å². The molecule has 0 amide bonds. The molecule has 2 rings (SSSR count). The molecule has 0 aliphatic rings. The number of nitrogens with zero attached hydrogens (tertiary/aromatic N) is 2. The van der Waals surface area contributed by atoms with E-state index in [2.05, 4.69) is 21.0 Å². The normalized spacial score (nSPS) is 10.4. The van der Waals surface area contributed by atoms with Crippen molar-refractivity contribution in [3.05, 3.63) is 46.4 Å². The zero-order valence-electron chi connectivity index (χ0n) is 8.65. The number of hydrogen-bond acceptors (Lipinski definition) is 2. The number of ether oxygens (including phenoxy) is 1. The van der Waals surface area contributed by atoms with Crippen LogP contribution in [0, 0.1) is 5.82 Å². The van der Waals surface area contributed by atoms with Gasteiger partial charge in [0.15, 0.2) is 0 Å². The van der Waals surface area contributed by atoms with Gasteiger partial charge in [-0.2, -0.15) is 5.10 Å². The molecule has 0 N–H and O–H groups in total. The van der Waals surface area contributed by atoms with Crippen LogP contribution >= 0.6 is 15.9 Å². The highest BCUT2D eigenvalue weighted by atomic mass is 79.9. The zero-order valence-corrected chi connectivity index (χ0v) is 10.2. The van der Waals surface area contributed by atoms with Gasteiger partial charge in [0.05, 0.1) is 10.7 Å². The minimum atomic E-state index is -0.330. The second-order valence-electron chi connectivity index (χ2n) is 3.39. The fraction of sp³-hybridized carbons (Fsp3) is 0.182. The van der Waals surface area contributed by atoms with Crippen LogP contribution in [0.15, 0.2) is 35.1 Å². The summed E-state index contributed by atoms with van der Waals surface area (Å²) in [5, 5.41) is 4.02. The van der Waals surface area contributed by atoms with E-state index in [-0.39, 0.29) is 5.82 Å². The van der Waals surface area contributed by atoms with Gasteiger partial charge in [-0.15, -0.1) is 0 Å². The van der Waals surface area contributed by atoms with Crippen molar-refractivity contribution in [3.63, 3.8) is 0 Å². The minimum absolute atomic E-state index is 0.330. The molecule has 0 spiro atoms. The van der Waals surface area contributed by atoms with Gasteiger partial charge in [-0.3, -0.25) is 4.68 Å². The zero-order chi connectivity index (χ0) is 11.5. The Bertz CT molecular complexity index is 498. The lowest BCUT2D eigenvalue weighted by Gasteiger charge is -2.04. The van der Waals surface area contributed by atoms with Gasteiger partial charge >= 0.3 is 0 Å². The first-order valence-electron chi connectivity index (χ1n) is 4.70. The van der Waals surface area contributed by atoms with E-state index in [1.165, 1.54) is 6.07 Å². The van der Waals surface area contributed by atoms with Gasteiger partial charge in [0, 0.05) is 24.9 Å². The molecule has 0 unspecified atom stereocenters. The molecule has 0 saturated heterocycles. The maximum absolute atomic E-state index is 13.2. The Hall–Kier alpha value is -1.36. The lowest BCUT2D eigenvalue weighted by Crippen LogP contribution is -1.94. The van der Waals surface area contributed by atoms with Crippen molar-refractivity contribution in [1.29, 1.82) is 0 Å². The summed E-state index contributed by atoms with van der Waals surface area (Å²) in [5.74, 6) is 0.174. The molecule has 0 aliphatic heterocycles. The molecule has 0 saturated carbocycles. The van der Waals surface area contributed by atoms with E-state index >= 15 is 0 Å². The summed E-state index contributed by atoms with van der Waals surface area (Å²) in [6.45, 7) is 0.384. The molecule has 0 aliphatic carbocycles. The monoisotopic (exact) mass is 284 g/mol. The number of aromatic nitrogens is 2. The van der Waals surface area contributed by atoms with Crippen LogP contribution in [0.5, 0.6) is 5.75 Å². The van der Waals surface area contributed by atoms with Crippen molar-refractivity contribution in [2.75, 3.05) is 0 Å². The van der Waals surface area contributed by atoms with Crippen molar-refractivity contribution in [1.82, 2.24) is 9.78 Å². The van der Waals surface area contributed by atoms with E-state index in [9.17, 15) is 4.39 Å². The van der Waals surface area contributed by atoms with Crippen LogP contribution in [0.2, 0.25) is 0 Å². The molecule has 16 heavy (non-hydrogen) atoms. The highest BCUT2D eigenvalue weighted by Gasteiger charge is 2.02. The Morgan fingerprint density at radius 2 is 2.31 bits per heavy atom. The molecule has 84 valence electrons. The predicted molar refractivity (Wildman–Crippen MR) is 61.6 cm³/mol. The Morgan fingerprint density at radius 3 is 2.94 bits per heavy atom. The van der Waals surface area contributed by atoms with Gasteiger partial charge in [0.25, 0.3) is 0 Å². The van der Waals surface area contributed by atoms with E-state index in [4.69, 9.17) is 4.74 Å². The van der Waals surface area contributed by atoms with Gasteiger partial charge in [0.1, 0.15) is 18.2 Å². The van der Waals surface area contributed by atoms with E-state index in [1.54, 1.807) is 23.0 Å². The van der Waals surface area contributed by atoms with Gasteiger partial charge < -0.3 is 4.74 Å². The van der Waals surface area contributed by atoms with Crippen LogP contribution in [0.25, 0.3) is 0 Å². The third-order valence-corrected chi connectivity index (χ3v) is 2.70. The standard InChI is InChI=1S/C11H10BrFN2O/c1-15-6-8(5-14-15)7-16-9-2-3-10(12)11(13)4-9/h2-6H,7H2,1H3. The van der Waals surface area contributed by atoms with Crippen molar-refractivity contribution in [2.45, 2.75) is 6.61 Å². The van der Waals surface area contributed by atoms with Gasteiger partial charge in [-0.1, -0.05) is 0 Å².